The summed E-state index contributed by atoms with van der Waals surface area (Å²) in [4.78, 5) is 11.5. The highest BCUT2D eigenvalue weighted by atomic mass is 16.5. The number of ether oxygens (including phenoxy) is 1. The highest BCUT2D eigenvalue weighted by molar-refractivity contribution is 5.69. The van der Waals surface area contributed by atoms with Crippen LogP contribution in [-0.4, -0.2) is 17.1 Å². The van der Waals surface area contributed by atoms with Gasteiger partial charge in [-0.3, -0.25) is 4.79 Å². The number of nitrogens with zero attached hydrogens (tertiary/aromatic N) is 1. The smallest absolute Gasteiger partial charge is 0.325 e. The Hall–Kier alpha value is -1.77. The number of hydrogen-bond acceptors (Lipinski definition) is 2. The molecule has 1 heterocycles. The van der Waals surface area contributed by atoms with Crippen molar-refractivity contribution in [3.63, 3.8) is 0 Å². The molecule has 0 N–H and O–H groups in total. The Kier molecular flexibility index (Phi) is 4.76. The SMILES string of the molecule is C=c1cc(C)n(CC(=O)OCC)/c1=C/C=C\C. The largest absolute Gasteiger partial charge is 0.465 e. The fraction of sp³-hybridized carbons (Fsp3) is 0.357. The molecule has 0 radical (unpaired) electrons. The lowest BCUT2D eigenvalue weighted by atomic mass is 10.4. The second-order valence-electron chi connectivity index (χ2n) is 3.78. The van der Waals surface area contributed by atoms with Crippen molar-refractivity contribution in [2.75, 3.05) is 6.61 Å². The number of esters is 1. The molecule has 0 saturated carbocycles. The van der Waals surface area contributed by atoms with Crippen LogP contribution < -0.4 is 10.6 Å². The van der Waals surface area contributed by atoms with E-state index in [1.807, 2.05) is 42.7 Å². The van der Waals surface area contributed by atoms with Gasteiger partial charge >= 0.3 is 5.97 Å². The Balaban J connectivity index is 3.14. The van der Waals surface area contributed by atoms with Crippen LogP contribution in [-0.2, 0) is 16.1 Å². The second-order valence-corrected chi connectivity index (χ2v) is 3.78. The normalized spacial score (nSPS) is 12.3. The van der Waals surface area contributed by atoms with Gasteiger partial charge in [0, 0.05) is 11.0 Å². The van der Waals surface area contributed by atoms with Crippen LogP contribution in [0.1, 0.15) is 19.5 Å². The first-order valence-electron chi connectivity index (χ1n) is 5.73. The number of carbonyl (C=O) groups excluding carboxylic acids is 1. The van der Waals surface area contributed by atoms with E-state index in [1.165, 1.54) is 0 Å². The van der Waals surface area contributed by atoms with Crippen molar-refractivity contribution in [2.45, 2.75) is 27.3 Å². The summed E-state index contributed by atoms with van der Waals surface area (Å²) in [5, 5.41) is 1.87. The quantitative estimate of drug-likeness (QED) is 0.730. The van der Waals surface area contributed by atoms with E-state index in [9.17, 15) is 4.79 Å². The predicted molar refractivity (Wildman–Crippen MR) is 69.9 cm³/mol. The Bertz CT molecular complexity index is 523. The summed E-state index contributed by atoms with van der Waals surface area (Å²) in [5.74, 6) is -0.221. The van der Waals surface area contributed by atoms with Crippen LogP contribution in [0.15, 0.2) is 18.2 Å². The summed E-state index contributed by atoms with van der Waals surface area (Å²) in [5.41, 5.74) is 1.01. The van der Waals surface area contributed by atoms with E-state index in [0.29, 0.717) is 6.61 Å². The molecule has 1 aromatic heterocycles. The number of hydrogen-bond donors (Lipinski definition) is 0. The molecule has 0 aliphatic rings. The molecule has 3 nitrogen and oxygen atoms in total. The third-order valence-corrected chi connectivity index (χ3v) is 2.47. The van der Waals surface area contributed by atoms with Crippen LogP contribution in [0.5, 0.6) is 0 Å². The third kappa shape index (κ3) is 3.34. The summed E-state index contributed by atoms with van der Waals surface area (Å²) in [7, 11) is 0. The van der Waals surface area contributed by atoms with E-state index in [2.05, 4.69) is 6.58 Å². The van der Waals surface area contributed by atoms with Crippen molar-refractivity contribution in [3.05, 3.63) is 34.5 Å². The van der Waals surface area contributed by atoms with E-state index < -0.39 is 0 Å². The Labute approximate surface area is 102 Å². The monoisotopic (exact) mass is 233 g/mol. The fourth-order valence-electron chi connectivity index (χ4n) is 1.70. The first-order chi connectivity index (χ1) is 8.10. The fourth-order valence-corrected chi connectivity index (χ4v) is 1.70. The number of allylic oxidation sites excluding steroid dienone is 2. The number of aryl methyl sites for hydroxylation is 1. The Morgan fingerprint density at radius 3 is 2.88 bits per heavy atom. The molecule has 17 heavy (non-hydrogen) atoms. The van der Waals surface area contributed by atoms with Gasteiger partial charge in [0.25, 0.3) is 0 Å². The van der Waals surface area contributed by atoms with Crippen LogP contribution in [0.25, 0.3) is 12.7 Å². The average Bonchev–Trinajstić information content (AvgIpc) is 2.52. The van der Waals surface area contributed by atoms with Gasteiger partial charge in [-0.15, -0.1) is 0 Å². The van der Waals surface area contributed by atoms with Crippen LogP contribution in [0.4, 0.5) is 0 Å². The van der Waals surface area contributed by atoms with Gasteiger partial charge in [-0.05, 0) is 38.1 Å². The zero-order chi connectivity index (χ0) is 12.8. The Morgan fingerprint density at radius 2 is 2.29 bits per heavy atom. The zero-order valence-corrected chi connectivity index (χ0v) is 10.7. The van der Waals surface area contributed by atoms with Crippen LogP contribution in [0, 0.1) is 6.92 Å². The molecule has 0 saturated heterocycles. The maximum Gasteiger partial charge on any atom is 0.325 e. The van der Waals surface area contributed by atoms with Crippen molar-refractivity contribution in [2.24, 2.45) is 0 Å². The summed E-state index contributed by atoms with van der Waals surface area (Å²) < 4.78 is 6.87. The minimum atomic E-state index is -0.221. The zero-order valence-electron chi connectivity index (χ0n) is 10.7. The summed E-state index contributed by atoms with van der Waals surface area (Å²) >= 11 is 0. The van der Waals surface area contributed by atoms with Gasteiger partial charge in [-0.1, -0.05) is 18.7 Å². The van der Waals surface area contributed by atoms with Crippen molar-refractivity contribution in [1.82, 2.24) is 4.57 Å². The topological polar surface area (TPSA) is 31.2 Å². The van der Waals surface area contributed by atoms with Gasteiger partial charge in [0.2, 0.25) is 0 Å². The number of rotatable bonds is 4. The molecule has 0 aliphatic heterocycles. The standard InChI is InChI=1S/C14H19NO2/c1-5-7-8-13-11(3)9-12(4)15(13)10-14(16)17-6-2/h5,7-9H,3,6,10H2,1-2,4H3/b7-5-,13-8+. The molecule has 0 aliphatic carbocycles. The molecule has 0 spiro atoms. The molecular formula is C14H19NO2. The van der Waals surface area contributed by atoms with Gasteiger partial charge in [-0.25, -0.2) is 0 Å². The summed E-state index contributed by atoms with van der Waals surface area (Å²) in [6, 6.07) is 1.97. The van der Waals surface area contributed by atoms with Gasteiger partial charge in [0.1, 0.15) is 6.54 Å². The molecule has 1 aromatic rings. The van der Waals surface area contributed by atoms with E-state index in [0.717, 1.165) is 16.3 Å². The van der Waals surface area contributed by atoms with Gasteiger partial charge in [0.15, 0.2) is 0 Å². The lowest BCUT2D eigenvalue weighted by Crippen LogP contribution is -2.31. The molecule has 0 unspecified atom stereocenters. The molecule has 0 bridgehead atoms. The van der Waals surface area contributed by atoms with Crippen molar-refractivity contribution in [1.29, 1.82) is 0 Å². The maximum absolute atomic E-state index is 11.5. The molecule has 1 rings (SSSR count). The van der Waals surface area contributed by atoms with E-state index in [-0.39, 0.29) is 12.5 Å². The first-order valence-corrected chi connectivity index (χ1v) is 5.73. The molecule has 3 heteroatoms. The number of aromatic nitrogens is 1. The summed E-state index contributed by atoms with van der Waals surface area (Å²) in [6.45, 7) is 10.3. The Morgan fingerprint density at radius 1 is 1.59 bits per heavy atom. The third-order valence-electron chi connectivity index (χ3n) is 2.47. The maximum atomic E-state index is 11.5. The molecule has 0 fully saturated rings. The van der Waals surface area contributed by atoms with E-state index >= 15 is 0 Å². The highest BCUT2D eigenvalue weighted by Crippen LogP contribution is 1.93. The second kappa shape index (κ2) is 6.09. The van der Waals surface area contributed by atoms with Crippen LogP contribution in [0.2, 0.25) is 0 Å². The minimum Gasteiger partial charge on any atom is -0.465 e. The van der Waals surface area contributed by atoms with Crippen LogP contribution >= 0.6 is 0 Å². The molecular weight excluding hydrogens is 214 g/mol. The van der Waals surface area contributed by atoms with Gasteiger partial charge in [0.05, 0.1) is 6.61 Å². The van der Waals surface area contributed by atoms with Gasteiger partial charge < -0.3 is 9.30 Å². The first kappa shape index (κ1) is 13.3. The molecule has 0 atom stereocenters. The van der Waals surface area contributed by atoms with E-state index in [1.54, 1.807) is 6.92 Å². The van der Waals surface area contributed by atoms with Crippen LogP contribution in [0.3, 0.4) is 0 Å². The minimum absolute atomic E-state index is 0.221. The lowest BCUT2D eigenvalue weighted by molar-refractivity contribution is -0.143. The molecule has 0 aromatic carbocycles. The highest BCUT2D eigenvalue weighted by Gasteiger charge is 2.06. The van der Waals surface area contributed by atoms with Gasteiger partial charge in [-0.2, -0.15) is 0 Å². The van der Waals surface area contributed by atoms with Crippen molar-refractivity contribution < 1.29 is 9.53 Å². The van der Waals surface area contributed by atoms with E-state index in [4.69, 9.17) is 4.74 Å². The lowest BCUT2D eigenvalue weighted by Gasteiger charge is -2.06. The predicted octanol–water partition coefficient (Wildman–Crippen LogP) is 1.13. The number of carbonyl (C=O) groups is 1. The molecule has 0 amide bonds. The van der Waals surface area contributed by atoms with Crippen molar-refractivity contribution >= 4 is 18.6 Å². The molecule has 92 valence electrons. The summed E-state index contributed by atoms with van der Waals surface area (Å²) in [6.07, 6.45) is 5.83. The average molecular weight is 233 g/mol. The van der Waals surface area contributed by atoms with Crippen molar-refractivity contribution in [3.8, 4) is 0 Å².